The molecule has 10 nitrogen and oxygen atoms in total. The van der Waals surface area contributed by atoms with Crippen molar-refractivity contribution < 1.29 is 50.4 Å². The van der Waals surface area contributed by atoms with Crippen molar-refractivity contribution in [1.82, 2.24) is 0 Å². The van der Waals surface area contributed by atoms with E-state index in [4.69, 9.17) is 40.9 Å². The second-order valence-corrected chi connectivity index (χ2v) is 3.73. The van der Waals surface area contributed by atoms with Crippen LogP contribution in [0.3, 0.4) is 0 Å². The third-order valence-corrected chi connectivity index (χ3v) is 2.14. The zero-order chi connectivity index (χ0) is 16.3. The van der Waals surface area contributed by atoms with E-state index in [1.807, 2.05) is 0 Å². The topological polar surface area (TPSA) is 196 Å². The maximum absolute atomic E-state index is 9.76. The van der Waals surface area contributed by atoms with E-state index in [-0.39, 0.29) is 12.6 Å². The Bertz CT molecular complexity index is 234. The van der Waals surface area contributed by atoms with Crippen molar-refractivity contribution in [3.8, 4) is 0 Å². The quantitative estimate of drug-likeness (QED) is 0.200. The summed E-state index contributed by atoms with van der Waals surface area (Å²) >= 11 is 0. The number of aliphatic hydroxyl groups excluding tert-OH is 8. The van der Waals surface area contributed by atoms with Crippen LogP contribution in [0.1, 0.15) is 0 Å². The Morgan fingerprint density at radius 3 is 1.05 bits per heavy atom. The van der Waals surface area contributed by atoms with Gasteiger partial charge in [-0.05, 0) is 0 Å². The number of aldehydes is 2. The molecule has 0 spiro atoms. The molecule has 0 fully saturated rings. The molecule has 0 amide bonds. The van der Waals surface area contributed by atoms with Crippen molar-refractivity contribution in [2.75, 3.05) is 13.2 Å². The average molecular weight is 300 g/mol. The summed E-state index contributed by atoms with van der Waals surface area (Å²) in [5, 5.41) is 68.1. The van der Waals surface area contributed by atoms with Crippen molar-refractivity contribution in [3.05, 3.63) is 0 Å². The number of carbonyl (C=O) groups is 2. The zero-order valence-corrected chi connectivity index (χ0v) is 10.4. The van der Waals surface area contributed by atoms with E-state index in [1.165, 1.54) is 0 Å². The highest BCUT2D eigenvalue weighted by Gasteiger charge is 2.23. The van der Waals surface area contributed by atoms with Gasteiger partial charge in [-0.15, -0.1) is 0 Å². The summed E-state index contributed by atoms with van der Waals surface area (Å²) in [6, 6.07) is 0. The molecule has 0 bridgehead atoms. The molecule has 0 aliphatic rings. The second-order valence-electron chi connectivity index (χ2n) is 3.73. The molecule has 0 saturated heterocycles. The Hall–Kier alpha value is -0.980. The molecule has 0 aliphatic carbocycles. The van der Waals surface area contributed by atoms with Crippen LogP contribution in [0.2, 0.25) is 0 Å². The third-order valence-electron chi connectivity index (χ3n) is 2.14. The van der Waals surface area contributed by atoms with Gasteiger partial charge in [-0.1, -0.05) is 0 Å². The van der Waals surface area contributed by atoms with Crippen molar-refractivity contribution in [2.45, 2.75) is 36.6 Å². The Kier molecular flexibility index (Phi) is 12.6. The summed E-state index contributed by atoms with van der Waals surface area (Å²) in [5.41, 5.74) is 0. The standard InChI is InChI=1S/2C5H10O5/c2*6-1-3(8)5(10)4(9)2-7/h2*1,3-5,7-10H,2H2/t3-,4+,5-;3-,4-,5-/m00/s1. The van der Waals surface area contributed by atoms with Crippen LogP contribution in [0.15, 0.2) is 0 Å². The molecule has 0 rings (SSSR count). The minimum Gasteiger partial charge on any atom is -0.394 e. The van der Waals surface area contributed by atoms with Gasteiger partial charge in [0.1, 0.15) is 36.6 Å². The Morgan fingerprint density at radius 1 is 0.650 bits per heavy atom. The highest BCUT2D eigenvalue weighted by Crippen LogP contribution is 1.97. The first-order valence-corrected chi connectivity index (χ1v) is 5.47. The van der Waals surface area contributed by atoms with Crippen LogP contribution >= 0.6 is 0 Å². The normalized spacial score (nSPS) is 19.6. The van der Waals surface area contributed by atoms with E-state index in [0.29, 0.717) is 0 Å². The fraction of sp³-hybridized carbons (Fsp3) is 0.800. The number of hydrogen-bond donors (Lipinski definition) is 8. The van der Waals surface area contributed by atoms with E-state index in [0.717, 1.165) is 0 Å². The molecule has 20 heavy (non-hydrogen) atoms. The molecule has 10 heteroatoms. The van der Waals surface area contributed by atoms with Gasteiger partial charge in [-0.3, -0.25) is 0 Å². The first kappa shape index (κ1) is 21.3. The summed E-state index contributed by atoms with van der Waals surface area (Å²) in [4.78, 5) is 19.5. The van der Waals surface area contributed by atoms with Crippen LogP contribution in [-0.2, 0) is 9.59 Å². The first-order chi connectivity index (χ1) is 9.26. The van der Waals surface area contributed by atoms with Gasteiger partial charge in [0.25, 0.3) is 0 Å². The van der Waals surface area contributed by atoms with E-state index in [1.54, 1.807) is 0 Å². The predicted octanol–water partition coefficient (Wildman–Crippen LogP) is -5.48. The summed E-state index contributed by atoms with van der Waals surface area (Å²) in [5.74, 6) is 0. The fourth-order valence-corrected chi connectivity index (χ4v) is 0.832. The highest BCUT2D eigenvalue weighted by atomic mass is 16.4. The summed E-state index contributed by atoms with van der Waals surface area (Å²) in [6.45, 7) is -1.38. The molecule has 0 aromatic heterocycles. The van der Waals surface area contributed by atoms with E-state index < -0.39 is 49.8 Å². The maximum atomic E-state index is 9.76. The molecule has 6 atom stereocenters. The summed E-state index contributed by atoms with van der Waals surface area (Å²) in [7, 11) is 0. The molecule has 0 saturated carbocycles. The van der Waals surface area contributed by atoms with Gasteiger partial charge in [0.05, 0.1) is 13.2 Å². The molecule has 120 valence electrons. The highest BCUT2D eigenvalue weighted by molar-refractivity contribution is 5.57. The smallest absolute Gasteiger partial charge is 0.151 e. The van der Waals surface area contributed by atoms with Crippen LogP contribution in [0.5, 0.6) is 0 Å². The molecule has 0 aromatic carbocycles. The van der Waals surface area contributed by atoms with Crippen LogP contribution in [-0.4, -0.2) is 103 Å². The minimum absolute atomic E-state index is 0.0869. The first-order valence-electron chi connectivity index (χ1n) is 5.47. The molecule has 0 heterocycles. The zero-order valence-electron chi connectivity index (χ0n) is 10.4. The van der Waals surface area contributed by atoms with Gasteiger partial charge in [0, 0.05) is 0 Å². The third kappa shape index (κ3) is 8.24. The van der Waals surface area contributed by atoms with Crippen molar-refractivity contribution in [3.63, 3.8) is 0 Å². The Balaban J connectivity index is 0. The van der Waals surface area contributed by atoms with Crippen molar-refractivity contribution >= 4 is 12.6 Å². The van der Waals surface area contributed by atoms with E-state index in [2.05, 4.69) is 0 Å². The largest absolute Gasteiger partial charge is 0.394 e. The van der Waals surface area contributed by atoms with Crippen LogP contribution in [0, 0.1) is 0 Å². The molecule has 8 N–H and O–H groups in total. The maximum Gasteiger partial charge on any atom is 0.151 e. The fourth-order valence-electron chi connectivity index (χ4n) is 0.832. The molecular formula is C10H20O10. The van der Waals surface area contributed by atoms with Gasteiger partial charge in [0.15, 0.2) is 12.6 Å². The average Bonchev–Trinajstić information content (AvgIpc) is 2.50. The van der Waals surface area contributed by atoms with Gasteiger partial charge in [-0.25, -0.2) is 0 Å². The summed E-state index contributed by atoms with van der Waals surface area (Å²) < 4.78 is 0. The number of aliphatic hydroxyl groups is 8. The van der Waals surface area contributed by atoms with Crippen LogP contribution < -0.4 is 0 Å². The molecular weight excluding hydrogens is 280 g/mol. The van der Waals surface area contributed by atoms with Crippen LogP contribution in [0.4, 0.5) is 0 Å². The lowest BCUT2D eigenvalue weighted by molar-refractivity contribution is -0.128. The molecule has 0 radical (unpaired) electrons. The molecule has 0 unspecified atom stereocenters. The van der Waals surface area contributed by atoms with Gasteiger partial charge in [0.2, 0.25) is 0 Å². The SMILES string of the molecule is O=C[C@H](O)[C@H](O)[C@@H](O)CO.O=C[C@H](O)[C@H](O)[C@H](O)CO. The van der Waals surface area contributed by atoms with Gasteiger partial charge in [-0.2, -0.15) is 0 Å². The lowest BCUT2D eigenvalue weighted by Gasteiger charge is -2.16. The lowest BCUT2D eigenvalue weighted by Crippen LogP contribution is -2.40. The van der Waals surface area contributed by atoms with E-state index in [9.17, 15) is 9.59 Å². The molecule has 0 aromatic rings. The van der Waals surface area contributed by atoms with Crippen molar-refractivity contribution in [1.29, 1.82) is 0 Å². The minimum atomic E-state index is -1.64. The predicted molar refractivity (Wildman–Crippen MR) is 62.3 cm³/mol. The summed E-state index contributed by atoms with van der Waals surface area (Å²) in [6.07, 6.45) is -9.26. The van der Waals surface area contributed by atoms with E-state index >= 15 is 0 Å². The monoisotopic (exact) mass is 300 g/mol. The number of rotatable bonds is 8. The van der Waals surface area contributed by atoms with Crippen LogP contribution in [0.25, 0.3) is 0 Å². The Labute approximate surface area is 114 Å². The number of carbonyl (C=O) groups excluding carboxylic acids is 2. The van der Waals surface area contributed by atoms with Crippen molar-refractivity contribution in [2.24, 2.45) is 0 Å². The molecule has 0 aliphatic heterocycles. The van der Waals surface area contributed by atoms with Gasteiger partial charge < -0.3 is 50.4 Å². The van der Waals surface area contributed by atoms with Gasteiger partial charge >= 0.3 is 0 Å². The number of hydrogen-bond acceptors (Lipinski definition) is 10. The second kappa shape index (κ2) is 11.8. The lowest BCUT2D eigenvalue weighted by atomic mass is 10.1. The Morgan fingerprint density at radius 2 is 0.900 bits per heavy atom.